The monoisotopic (exact) mass is 451 g/mol. The van der Waals surface area contributed by atoms with Crippen LogP contribution >= 0.6 is 22.9 Å². The number of rotatable bonds is 8. The van der Waals surface area contributed by atoms with Crippen molar-refractivity contribution in [1.82, 2.24) is 5.32 Å². The standard InChI is InChI=1S/C20H22ClN3O5S/c1-13(25)23(9-10-28-2)14-3-5-15(6-4-14)24-12-16(29-20(24)27)11-22-19(26)17-7-8-18(21)30-17/h3-8,16H,9-12H2,1-2H3,(H,22,26). The number of hydrogen-bond donors (Lipinski definition) is 1. The van der Waals surface area contributed by atoms with Gasteiger partial charge in [0.1, 0.15) is 6.10 Å². The molecular weight excluding hydrogens is 430 g/mol. The molecule has 3 amide bonds. The number of anilines is 2. The van der Waals surface area contributed by atoms with Gasteiger partial charge in [0, 0.05) is 32.0 Å². The summed E-state index contributed by atoms with van der Waals surface area (Å²) in [6.45, 7) is 2.86. The Hall–Kier alpha value is -2.62. The van der Waals surface area contributed by atoms with Crippen molar-refractivity contribution in [2.24, 2.45) is 0 Å². The lowest BCUT2D eigenvalue weighted by Crippen LogP contribution is -2.34. The van der Waals surface area contributed by atoms with E-state index >= 15 is 0 Å². The predicted octanol–water partition coefficient (Wildman–Crippen LogP) is 3.16. The first-order valence-electron chi connectivity index (χ1n) is 9.28. The van der Waals surface area contributed by atoms with Crippen molar-refractivity contribution < 1.29 is 23.9 Å². The molecular formula is C20H22ClN3O5S. The Labute approximate surface area is 183 Å². The van der Waals surface area contributed by atoms with Crippen LogP contribution in [0.3, 0.4) is 0 Å². The summed E-state index contributed by atoms with van der Waals surface area (Å²) in [5, 5.41) is 2.76. The lowest BCUT2D eigenvalue weighted by atomic mass is 10.2. The molecule has 1 fully saturated rings. The van der Waals surface area contributed by atoms with E-state index < -0.39 is 12.2 Å². The number of halogens is 1. The van der Waals surface area contributed by atoms with Gasteiger partial charge < -0.3 is 19.7 Å². The molecule has 0 radical (unpaired) electrons. The number of thiophene rings is 1. The first-order chi connectivity index (χ1) is 14.4. The zero-order valence-corrected chi connectivity index (χ0v) is 18.2. The van der Waals surface area contributed by atoms with E-state index in [1.807, 2.05) is 0 Å². The molecule has 0 aliphatic carbocycles. The highest BCUT2D eigenvalue weighted by Crippen LogP contribution is 2.25. The fourth-order valence-corrected chi connectivity index (χ4v) is 3.99. The molecule has 1 aromatic carbocycles. The van der Waals surface area contributed by atoms with Gasteiger partial charge in [0.15, 0.2) is 0 Å². The molecule has 3 rings (SSSR count). The Kier molecular flexibility index (Phi) is 7.30. The molecule has 2 heterocycles. The van der Waals surface area contributed by atoms with Crippen LogP contribution in [0.2, 0.25) is 4.34 Å². The van der Waals surface area contributed by atoms with Crippen LogP contribution in [0.5, 0.6) is 0 Å². The minimum atomic E-state index is -0.482. The van der Waals surface area contributed by atoms with Crippen molar-refractivity contribution in [2.75, 3.05) is 43.2 Å². The van der Waals surface area contributed by atoms with Crippen molar-refractivity contribution in [3.05, 3.63) is 45.6 Å². The van der Waals surface area contributed by atoms with Crippen LogP contribution in [0.25, 0.3) is 0 Å². The molecule has 2 aromatic rings. The van der Waals surface area contributed by atoms with Crippen LogP contribution < -0.4 is 15.1 Å². The van der Waals surface area contributed by atoms with Crippen molar-refractivity contribution in [1.29, 1.82) is 0 Å². The highest BCUT2D eigenvalue weighted by atomic mass is 35.5. The topological polar surface area (TPSA) is 88.2 Å². The second kappa shape index (κ2) is 9.92. The summed E-state index contributed by atoms with van der Waals surface area (Å²) < 4.78 is 10.9. The summed E-state index contributed by atoms with van der Waals surface area (Å²) in [7, 11) is 1.58. The van der Waals surface area contributed by atoms with Crippen LogP contribution in [-0.4, -0.2) is 57.4 Å². The van der Waals surface area contributed by atoms with Gasteiger partial charge >= 0.3 is 6.09 Å². The van der Waals surface area contributed by atoms with E-state index in [1.165, 1.54) is 23.2 Å². The number of cyclic esters (lactones) is 1. The SMILES string of the molecule is COCCN(C(C)=O)c1ccc(N2CC(CNC(=O)c3ccc(Cl)s3)OC2=O)cc1. The van der Waals surface area contributed by atoms with Crippen molar-refractivity contribution >= 4 is 52.2 Å². The molecule has 8 nitrogen and oxygen atoms in total. The third-order valence-electron chi connectivity index (χ3n) is 4.53. The van der Waals surface area contributed by atoms with E-state index in [0.29, 0.717) is 40.3 Å². The summed E-state index contributed by atoms with van der Waals surface area (Å²) in [5.74, 6) is -0.352. The smallest absolute Gasteiger partial charge is 0.414 e. The average Bonchev–Trinajstić information content (AvgIpc) is 3.32. The third-order valence-corrected chi connectivity index (χ3v) is 5.76. The number of carbonyl (C=O) groups is 3. The van der Waals surface area contributed by atoms with Gasteiger partial charge in [0.05, 0.1) is 28.9 Å². The predicted molar refractivity (Wildman–Crippen MR) is 116 cm³/mol. The molecule has 1 aliphatic heterocycles. The van der Waals surface area contributed by atoms with Crippen molar-refractivity contribution in [3.63, 3.8) is 0 Å². The zero-order valence-electron chi connectivity index (χ0n) is 16.6. The molecule has 10 heteroatoms. The van der Waals surface area contributed by atoms with Gasteiger partial charge in [0.25, 0.3) is 5.91 Å². The fraction of sp³-hybridized carbons (Fsp3) is 0.350. The van der Waals surface area contributed by atoms with Crippen molar-refractivity contribution in [2.45, 2.75) is 13.0 Å². The molecule has 1 aromatic heterocycles. The number of ether oxygens (including phenoxy) is 2. The summed E-state index contributed by atoms with van der Waals surface area (Å²) >= 11 is 7.03. The maximum atomic E-state index is 12.3. The summed E-state index contributed by atoms with van der Waals surface area (Å²) in [6, 6.07) is 10.4. The molecule has 160 valence electrons. The van der Waals surface area contributed by atoms with E-state index in [4.69, 9.17) is 21.1 Å². The number of carbonyl (C=O) groups excluding carboxylic acids is 3. The van der Waals surface area contributed by atoms with E-state index in [9.17, 15) is 14.4 Å². The number of amides is 3. The van der Waals surface area contributed by atoms with Gasteiger partial charge in [-0.15, -0.1) is 11.3 Å². The number of nitrogens with one attached hydrogen (secondary N) is 1. The van der Waals surface area contributed by atoms with Gasteiger partial charge in [0.2, 0.25) is 5.91 Å². The summed E-state index contributed by atoms with van der Waals surface area (Å²) in [4.78, 5) is 39.9. The van der Waals surface area contributed by atoms with E-state index in [2.05, 4.69) is 5.32 Å². The van der Waals surface area contributed by atoms with Crippen LogP contribution in [0, 0.1) is 0 Å². The zero-order chi connectivity index (χ0) is 21.7. The normalized spacial score (nSPS) is 15.8. The lowest BCUT2D eigenvalue weighted by molar-refractivity contribution is -0.116. The Morgan fingerprint density at radius 3 is 2.63 bits per heavy atom. The molecule has 0 bridgehead atoms. The molecule has 1 saturated heterocycles. The highest BCUT2D eigenvalue weighted by Gasteiger charge is 2.32. The molecule has 1 N–H and O–H groups in total. The molecule has 30 heavy (non-hydrogen) atoms. The number of methoxy groups -OCH3 is 1. The van der Waals surface area contributed by atoms with Crippen LogP contribution in [0.1, 0.15) is 16.6 Å². The average molecular weight is 452 g/mol. The van der Waals surface area contributed by atoms with Crippen molar-refractivity contribution in [3.8, 4) is 0 Å². The van der Waals surface area contributed by atoms with Crippen LogP contribution in [0.15, 0.2) is 36.4 Å². The molecule has 0 saturated carbocycles. The maximum Gasteiger partial charge on any atom is 0.414 e. The molecule has 1 aliphatic rings. The number of benzene rings is 1. The Bertz CT molecular complexity index is 917. The Morgan fingerprint density at radius 2 is 2.03 bits per heavy atom. The first-order valence-corrected chi connectivity index (χ1v) is 10.5. The molecule has 0 spiro atoms. The van der Waals surface area contributed by atoms with Gasteiger partial charge in [-0.3, -0.25) is 14.5 Å². The number of hydrogen-bond acceptors (Lipinski definition) is 6. The summed E-state index contributed by atoms with van der Waals surface area (Å²) in [6.07, 6.45) is -0.948. The first kappa shape index (κ1) is 22.1. The van der Waals surface area contributed by atoms with Gasteiger partial charge in [-0.2, -0.15) is 0 Å². The van der Waals surface area contributed by atoms with Crippen LogP contribution in [0.4, 0.5) is 16.2 Å². The van der Waals surface area contributed by atoms with Gasteiger partial charge in [-0.1, -0.05) is 11.6 Å². The fourth-order valence-electron chi connectivity index (χ4n) is 3.03. The lowest BCUT2D eigenvalue weighted by Gasteiger charge is -2.22. The minimum absolute atomic E-state index is 0.0942. The quantitative estimate of drug-likeness (QED) is 0.666. The Morgan fingerprint density at radius 1 is 1.30 bits per heavy atom. The third kappa shape index (κ3) is 5.29. The van der Waals surface area contributed by atoms with Gasteiger partial charge in [-0.25, -0.2) is 4.79 Å². The minimum Gasteiger partial charge on any atom is -0.442 e. The van der Waals surface area contributed by atoms with E-state index in [-0.39, 0.29) is 18.4 Å². The summed E-state index contributed by atoms with van der Waals surface area (Å²) in [5.41, 5.74) is 1.37. The Balaban J connectivity index is 1.59. The van der Waals surface area contributed by atoms with E-state index in [0.717, 1.165) is 0 Å². The molecule has 1 atom stereocenters. The maximum absolute atomic E-state index is 12.3. The highest BCUT2D eigenvalue weighted by molar-refractivity contribution is 7.18. The largest absolute Gasteiger partial charge is 0.442 e. The second-order valence-corrected chi connectivity index (χ2v) is 8.33. The van der Waals surface area contributed by atoms with Gasteiger partial charge in [-0.05, 0) is 36.4 Å². The van der Waals surface area contributed by atoms with Crippen LogP contribution in [-0.2, 0) is 14.3 Å². The van der Waals surface area contributed by atoms with E-state index in [1.54, 1.807) is 48.4 Å². The number of nitrogens with zero attached hydrogens (tertiary/aromatic N) is 2. The molecule has 1 unspecified atom stereocenters. The second-order valence-electron chi connectivity index (χ2n) is 6.61.